The summed E-state index contributed by atoms with van der Waals surface area (Å²) in [5.41, 5.74) is 0. The Kier molecular flexibility index (Phi) is 3.45. The van der Waals surface area contributed by atoms with E-state index < -0.39 is 0 Å². The van der Waals surface area contributed by atoms with Crippen molar-refractivity contribution < 1.29 is 0 Å². The molecule has 0 saturated carbocycles. The molecule has 2 bridgehead atoms. The van der Waals surface area contributed by atoms with Gasteiger partial charge in [0.1, 0.15) is 5.01 Å². The smallest absolute Gasteiger partial charge is 0.107 e. The van der Waals surface area contributed by atoms with Gasteiger partial charge in [0.25, 0.3) is 0 Å². The highest BCUT2D eigenvalue weighted by molar-refractivity contribution is 7.09. The molecule has 0 aromatic carbocycles. The van der Waals surface area contributed by atoms with E-state index in [0.717, 1.165) is 31.2 Å². The first-order chi connectivity index (χ1) is 8.36. The summed E-state index contributed by atoms with van der Waals surface area (Å²) in [4.78, 5) is 7.12. The fraction of sp³-hybridized carbons (Fsp3) is 0.769. The second-order valence-corrected chi connectivity index (χ2v) is 6.19. The van der Waals surface area contributed by atoms with E-state index in [4.69, 9.17) is 0 Å². The number of rotatable bonds is 4. The third-order valence-electron chi connectivity index (χ3n) is 4.18. The fourth-order valence-electron chi connectivity index (χ4n) is 3.47. The Labute approximate surface area is 107 Å². The predicted octanol–water partition coefficient (Wildman–Crippen LogP) is 2.25. The molecule has 0 spiro atoms. The zero-order valence-corrected chi connectivity index (χ0v) is 11.2. The van der Waals surface area contributed by atoms with Gasteiger partial charge in [0.05, 0.1) is 6.54 Å². The summed E-state index contributed by atoms with van der Waals surface area (Å²) in [6.07, 6.45) is 7.36. The lowest BCUT2D eigenvalue weighted by Gasteiger charge is -2.38. The molecule has 2 unspecified atom stereocenters. The van der Waals surface area contributed by atoms with Crippen molar-refractivity contribution in [3.63, 3.8) is 0 Å². The van der Waals surface area contributed by atoms with Crippen LogP contribution in [0.4, 0.5) is 0 Å². The molecule has 1 N–H and O–H groups in total. The maximum atomic E-state index is 4.42. The second kappa shape index (κ2) is 5.04. The van der Waals surface area contributed by atoms with Crippen molar-refractivity contribution in [2.45, 2.75) is 57.3 Å². The van der Waals surface area contributed by atoms with Gasteiger partial charge in [-0.15, -0.1) is 11.3 Å². The number of hydrogen-bond acceptors (Lipinski definition) is 4. The average molecular weight is 251 g/mol. The number of fused-ring (bicyclic) bond motifs is 2. The fourth-order valence-corrected chi connectivity index (χ4v) is 4.10. The Balaban J connectivity index is 1.64. The first-order valence-electron chi connectivity index (χ1n) is 6.74. The van der Waals surface area contributed by atoms with E-state index >= 15 is 0 Å². The van der Waals surface area contributed by atoms with Crippen LogP contribution in [0.3, 0.4) is 0 Å². The number of nitrogens with zero attached hydrogens (tertiary/aromatic N) is 2. The van der Waals surface area contributed by atoms with Crippen molar-refractivity contribution in [1.29, 1.82) is 0 Å². The number of hydrogen-bond donors (Lipinski definition) is 1. The molecule has 2 aliphatic heterocycles. The molecule has 1 aromatic rings. The standard InChI is InChI=1S/C13H21N3S/c1-2-14-10-7-11-3-4-12(8-10)16(11)9-13-15-5-6-17-13/h5-6,10-12,14H,2-4,7-9H2,1H3. The van der Waals surface area contributed by atoms with E-state index in [2.05, 4.69) is 27.5 Å². The third kappa shape index (κ3) is 2.39. The van der Waals surface area contributed by atoms with E-state index in [1.807, 2.05) is 6.20 Å². The lowest BCUT2D eigenvalue weighted by Crippen LogP contribution is -2.48. The molecular formula is C13H21N3S. The SMILES string of the molecule is CCNC1CC2CCC(C1)N2Cc1nccs1. The Hall–Kier alpha value is -0.450. The van der Waals surface area contributed by atoms with Gasteiger partial charge in [0.2, 0.25) is 0 Å². The Morgan fingerprint density at radius 3 is 2.76 bits per heavy atom. The predicted molar refractivity (Wildman–Crippen MR) is 71.2 cm³/mol. The molecule has 2 aliphatic rings. The van der Waals surface area contributed by atoms with Crippen LogP contribution in [0.1, 0.15) is 37.6 Å². The molecule has 2 atom stereocenters. The van der Waals surface area contributed by atoms with Gasteiger partial charge in [-0.2, -0.15) is 0 Å². The summed E-state index contributed by atoms with van der Waals surface area (Å²) < 4.78 is 0. The summed E-state index contributed by atoms with van der Waals surface area (Å²) in [6.45, 7) is 4.40. The number of aromatic nitrogens is 1. The van der Waals surface area contributed by atoms with Crippen molar-refractivity contribution in [2.24, 2.45) is 0 Å². The third-order valence-corrected chi connectivity index (χ3v) is 4.94. The highest BCUT2D eigenvalue weighted by Gasteiger charge is 2.40. The monoisotopic (exact) mass is 251 g/mol. The number of nitrogens with one attached hydrogen (secondary N) is 1. The minimum atomic E-state index is 0.755. The van der Waals surface area contributed by atoms with E-state index in [-0.39, 0.29) is 0 Å². The molecule has 4 heteroatoms. The molecule has 2 fully saturated rings. The van der Waals surface area contributed by atoms with Crippen LogP contribution in [0.25, 0.3) is 0 Å². The van der Waals surface area contributed by atoms with Crippen LogP contribution in [0.15, 0.2) is 11.6 Å². The summed E-state index contributed by atoms with van der Waals surface area (Å²) in [5, 5.41) is 6.99. The summed E-state index contributed by atoms with van der Waals surface area (Å²) in [6, 6.07) is 2.34. The van der Waals surface area contributed by atoms with Crippen molar-refractivity contribution in [3.05, 3.63) is 16.6 Å². The maximum absolute atomic E-state index is 4.42. The zero-order valence-electron chi connectivity index (χ0n) is 10.4. The lowest BCUT2D eigenvalue weighted by molar-refractivity contribution is 0.110. The molecule has 94 valence electrons. The van der Waals surface area contributed by atoms with Gasteiger partial charge in [0.15, 0.2) is 0 Å². The summed E-state index contributed by atoms with van der Waals surface area (Å²) >= 11 is 1.79. The Bertz CT molecular complexity index is 338. The number of thiazole rings is 1. The molecule has 1 aromatic heterocycles. The van der Waals surface area contributed by atoms with Crippen LogP contribution in [-0.4, -0.2) is 34.6 Å². The zero-order chi connectivity index (χ0) is 11.7. The largest absolute Gasteiger partial charge is 0.314 e. The van der Waals surface area contributed by atoms with Crippen molar-refractivity contribution in [1.82, 2.24) is 15.2 Å². The van der Waals surface area contributed by atoms with Gasteiger partial charge in [-0.1, -0.05) is 6.92 Å². The van der Waals surface area contributed by atoms with Gasteiger partial charge < -0.3 is 5.32 Å². The maximum Gasteiger partial charge on any atom is 0.107 e. The highest BCUT2D eigenvalue weighted by Crippen LogP contribution is 2.36. The molecule has 0 amide bonds. The number of piperidine rings is 1. The molecule has 3 rings (SSSR count). The Morgan fingerprint density at radius 2 is 2.18 bits per heavy atom. The average Bonchev–Trinajstić information content (AvgIpc) is 2.89. The molecule has 3 nitrogen and oxygen atoms in total. The van der Waals surface area contributed by atoms with Crippen LogP contribution in [0.5, 0.6) is 0 Å². The molecule has 0 aliphatic carbocycles. The highest BCUT2D eigenvalue weighted by atomic mass is 32.1. The normalized spacial score (nSPS) is 33.1. The van der Waals surface area contributed by atoms with Gasteiger partial charge in [-0.3, -0.25) is 4.90 Å². The van der Waals surface area contributed by atoms with Gasteiger partial charge in [-0.25, -0.2) is 4.98 Å². The van der Waals surface area contributed by atoms with Crippen molar-refractivity contribution >= 4 is 11.3 Å². The summed E-state index contributed by atoms with van der Waals surface area (Å²) in [5.74, 6) is 0. The van der Waals surface area contributed by atoms with Crippen LogP contribution < -0.4 is 5.32 Å². The van der Waals surface area contributed by atoms with E-state index in [1.165, 1.54) is 30.7 Å². The lowest BCUT2D eigenvalue weighted by atomic mass is 9.97. The quantitative estimate of drug-likeness (QED) is 0.889. The van der Waals surface area contributed by atoms with Gasteiger partial charge in [-0.05, 0) is 32.2 Å². The van der Waals surface area contributed by atoms with Crippen molar-refractivity contribution in [3.8, 4) is 0 Å². The Morgan fingerprint density at radius 1 is 1.41 bits per heavy atom. The van der Waals surface area contributed by atoms with Crippen LogP contribution in [0.2, 0.25) is 0 Å². The summed E-state index contributed by atoms with van der Waals surface area (Å²) in [7, 11) is 0. The van der Waals surface area contributed by atoms with Crippen LogP contribution in [0, 0.1) is 0 Å². The molecule has 3 heterocycles. The minimum Gasteiger partial charge on any atom is -0.314 e. The van der Waals surface area contributed by atoms with Crippen LogP contribution >= 0.6 is 11.3 Å². The van der Waals surface area contributed by atoms with Crippen molar-refractivity contribution in [2.75, 3.05) is 6.54 Å². The minimum absolute atomic E-state index is 0.755. The van der Waals surface area contributed by atoms with Crippen LogP contribution in [-0.2, 0) is 6.54 Å². The van der Waals surface area contributed by atoms with Gasteiger partial charge >= 0.3 is 0 Å². The second-order valence-electron chi connectivity index (χ2n) is 5.21. The van der Waals surface area contributed by atoms with E-state index in [1.54, 1.807) is 11.3 Å². The molecule has 2 saturated heterocycles. The first kappa shape index (κ1) is 11.6. The topological polar surface area (TPSA) is 28.2 Å². The molecule has 0 radical (unpaired) electrons. The molecule has 17 heavy (non-hydrogen) atoms. The first-order valence-corrected chi connectivity index (χ1v) is 7.62. The van der Waals surface area contributed by atoms with E-state index in [9.17, 15) is 0 Å². The van der Waals surface area contributed by atoms with E-state index in [0.29, 0.717) is 0 Å². The van der Waals surface area contributed by atoms with Gasteiger partial charge in [0, 0.05) is 29.7 Å². The molecular weight excluding hydrogens is 230 g/mol.